The maximum atomic E-state index is 11.9. The van der Waals surface area contributed by atoms with Crippen LogP contribution in [0.25, 0.3) is 0 Å². The number of ether oxygens (including phenoxy) is 2. The first-order valence-corrected chi connectivity index (χ1v) is 7.58. The summed E-state index contributed by atoms with van der Waals surface area (Å²) in [5.74, 6) is 0.0561. The van der Waals surface area contributed by atoms with Crippen LogP contribution in [-0.2, 0) is 9.53 Å². The van der Waals surface area contributed by atoms with Crippen molar-refractivity contribution in [1.82, 2.24) is 0 Å². The molecule has 0 radical (unpaired) electrons. The van der Waals surface area contributed by atoms with Gasteiger partial charge in [-0.2, -0.15) is 0 Å². The van der Waals surface area contributed by atoms with Crippen LogP contribution in [0.15, 0.2) is 36.4 Å². The van der Waals surface area contributed by atoms with E-state index < -0.39 is 5.97 Å². The molecule has 0 atom stereocenters. The lowest BCUT2D eigenvalue weighted by Crippen LogP contribution is -2.16. The Morgan fingerprint density at radius 3 is 2.64 bits per heavy atom. The SMILES string of the molecule is COC(=O)c1cc(C)sc1NC(=O)CCOc1ccccc1. The van der Waals surface area contributed by atoms with Crippen molar-refractivity contribution < 1.29 is 19.1 Å². The van der Waals surface area contributed by atoms with Gasteiger partial charge in [0, 0.05) is 4.88 Å². The first-order valence-electron chi connectivity index (χ1n) is 6.76. The molecule has 0 aliphatic carbocycles. The van der Waals surface area contributed by atoms with Crippen molar-refractivity contribution in [2.24, 2.45) is 0 Å². The second-order valence-electron chi connectivity index (χ2n) is 4.55. The Hall–Kier alpha value is -2.34. The number of para-hydroxylation sites is 1. The Morgan fingerprint density at radius 2 is 1.95 bits per heavy atom. The molecule has 1 heterocycles. The van der Waals surface area contributed by atoms with Crippen molar-refractivity contribution in [2.45, 2.75) is 13.3 Å². The van der Waals surface area contributed by atoms with Gasteiger partial charge in [0.25, 0.3) is 0 Å². The normalized spacial score (nSPS) is 10.1. The summed E-state index contributed by atoms with van der Waals surface area (Å²) in [6.07, 6.45) is 0.201. The number of anilines is 1. The van der Waals surface area contributed by atoms with E-state index in [1.807, 2.05) is 37.3 Å². The van der Waals surface area contributed by atoms with Crippen LogP contribution >= 0.6 is 11.3 Å². The molecule has 0 fully saturated rings. The number of rotatable bonds is 6. The van der Waals surface area contributed by atoms with E-state index in [4.69, 9.17) is 9.47 Å². The molecule has 0 saturated heterocycles. The minimum atomic E-state index is -0.458. The summed E-state index contributed by atoms with van der Waals surface area (Å²) in [7, 11) is 1.31. The quantitative estimate of drug-likeness (QED) is 0.830. The third-order valence-corrected chi connectivity index (χ3v) is 3.82. The Balaban J connectivity index is 1.88. The van der Waals surface area contributed by atoms with E-state index in [0.29, 0.717) is 10.6 Å². The molecule has 0 aliphatic heterocycles. The average Bonchev–Trinajstić information content (AvgIpc) is 2.88. The van der Waals surface area contributed by atoms with E-state index in [1.165, 1.54) is 18.4 Å². The van der Waals surface area contributed by atoms with Crippen LogP contribution in [0.1, 0.15) is 21.7 Å². The zero-order chi connectivity index (χ0) is 15.9. The molecule has 2 rings (SSSR count). The smallest absolute Gasteiger partial charge is 0.340 e. The second-order valence-corrected chi connectivity index (χ2v) is 5.81. The molecule has 0 spiro atoms. The third-order valence-electron chi connectivity index (χ3n) is 2.85. The number of benzene rings is 1. The number of carbonyl (C=O) groups excluding carboxylic acids is 2. The molecule has 0 bridgehead atoms. The lowest BCUT2D eigenvalue weighted by Gasteiger charge is -2.07. The van der Waals surface area contributed by atoms with Crippen LogP contribution in [0.3, 0.4) is 0 Å². The van der Waals surface area contributed by atoms with Crippen molar-refractivity contribution in [2.75, 3.05) is 19.0 Å². The number of thiophene rings is 1. The van der Waals surface area contributed by atoms with Gasteiger partial charge in [-0.15, -0.1) is 11.3 Å². The predicted molar refractivity (Wildman–Crippen MR) is 85.6 cm³/mol. The zero-order valence-electron chi connectivity index (χ0n) is 12.4. The van der Waals surface area contributed by atoms with Gasteiger partial charge in [-0.25, -0.2) is 4.79 Å². The lowest BCUT2D eigenvalue weighted by atomic mass is 10.3. The summed E-state index contributed by atoms with van der Waals surface area (Å²) in [4.78, 5) is 24.5. The minimum absolute atomic E-state index is 0.201. The van der Waals surface area contributed by atoms with Crippen LogP contribution in [-0.4, -0.2) is 25.6 Å². The van der Waals surface area contributed by atoms with Gasteiger partial charge in [0.15, 0.2) is 0 Å². The second kappa shape index (κ2) is 7.61. The van der Waals surface area contributed by atoms with Gasteiger partial charge in [0.2, 0.25) is 5.91 Å². The van der Waals surface area contributed by atoms with Crippen molar-refractivity contribution in [3.05, 3.63) is 46.8 Å². The highest BCUT2D eigenvalue weighted by atomic mass is 32.1. The highest BCUT2D eigenvalue weighted by molar-refractivity contribution is 7.16. The zero-order valence-corrected chi connectivity index (χ0v) is 13.2. The summed E-state index contributed by atoms with van der Waals surface area (Å²) < 4.78 is 10.2. The van der Waals surface area contributed by atoms with Crippen LogP contribution in [0.4, 0.5) is 5.00 Å². The molecule has 22 heavy (non-hydrogen) atoms. The van der Waals surface area contributed by atoms with Gasteiger partial charge in [0.05, 0.1) is 25.7 Å². The molecule has 5 nitrogen and oxygen atoms in total. The average molecular weight is 319 g/mol. The Bertz CT molecular complexity index is 651. The summed E-state index contributed by atoms with van der Waals surface area (Å²) >= 11 is 1.34. The topological polar surface area (TPSA) is 64.6 Å². The molecular formula is C16H17NO4S. The highest BCUT2D eigenvalue weighted by Gasteiger charge is 2.17. The molecule has 1 aromatic heterocycles. The van der Waals surface area contributed by atoms with E-state index in [0.717, 1.165) is 10.6 Å². The van der Waals surface area contributed by atoms with Crippen molar-refractivity contribution >= 4 is 28.2 Å². The molecule has 0 unspecified atom stereocenters. The Labute approximate surface area is 132 Å². The summed E-state index contributed by atoms with van der Waals surface area (Å²) in [5, 5.41) is 3.24. The van der Waals surface area contributed by atoms with Crippen molar-refractivity contribution in [3.8, 4) is 5.75 Å². The summed E-state index contributed by atoms with van der Waals surface area (Å²) in [5.41, 5.74) is 0.377. The van der Waals surface area contributed by atoms with E-state index in [1.54, 1.807) is 6.07 Å². The molecular weight excluding hydrogens is 302 g/mol. The van der Waals surface area contributed by atoms with Crippen LogP contribution in [0.5, 0.6) is 5.75 Å². The molecule has 0 saturated carbocycles. The Kier molecular flexibility index (Phi) is 5.55. The molecule has 1 aromatic carbocycles. The van der Waals surface area contributed by atoms with E-state index in [-0.39, 0.29) is 18.9 Å². The molecule has 116 valence electrons. The number of amides is 1. The Morgan fingerprint density at radius 1 is 1.23 bits per heavy atom. The number of carbonyl (C=O) groups is 2. The fourth-order valence-electron chi connectivity index (χ4n) is 1.84. The van der Waals surface area contributed by atoms with Gasteiger partial charge < -0.3 is 14.8 Å². The first kappa shape index (κ1) is 16.0. The van der Waals surface area contributed by atoms with Crippen molar-refractivity contribution in [1.29, 1.82) is 0 Å². The maximum absolute atomic E-state index is 11.9. The van der Waals surface area contributed by atoms with Gasteiger partial charge in [-0.05, 0) is 25.1 Å². The molecule has 1 N–H and O–H groups in total. The molecule has 6 heteroatoms. The molecule has 1 amide bonds. The fourth-order valence-corrected chi connectivity index (χ4v) is 2.75. The number of hydrogen-bond donors (Lipinski definition) is 1. The first-order chi connectivity index (χ1) is 10.6. The monoisotopic (exact) mass is 319 g/mol. The van der Waals surface area contributed by atoms with Crippen LogP contribution in [0, 0.1) is 6.92 Å². The third kappa shape index (κ3) is 4.33. The fraction of sp³-hybridized carbons (Fsp3) is 0.250. The number of aryl methyl sites for hydroxylation is 1. The highest BCUT2D eigenvalue weighted by Crippen LogP contribution is 2.28. The lowest BCUT2D eigenvalue weighted by molar-refractivity contribution is -0.116. The number of hydrogen-bond acceptors (Lipinski definition) is 5. The van der Waals surface area contributed by atoms with Gasteiger partial charge in [-0.1, -0.05) is 18.2 Å². The maximum Gasteiger partial charge on any atom is 0.340 e. The van der Waals surface area contributed by atoms with Crippen molar-refractivity contribution in [3.63, 3.8) is 0 Å². The van der Waals surface area contributed by atoms with Gasteiger partial charge >= 0.3 is 5.97 Å². The van der Waals surface area contributed by atoms with Crippen LogP contribution in [0.2, 0.25) is 0 Å². The van der Waals surface area contributed by atoms with Crippen LogP contribution < -0.4 is 10.1 Å². The number of esters is 1. The molecule has 0 aliphatic rings. The largest absolute Gasteiger partial charge is 0.493 e. The van der Waals surface area contributed by atoms with E-state index >= 15 is 0 Å². The number of methoxy groups -OCH3 is 1. The van der Waals surface area contributed by atoms with Gasteiger partial charge in [-0.3, -0.25) is 4.79 Å². The molecule has 2 aromatic rings. The van der Waals surface area contributed by atoms with E-state index in [9.17, 15) is 9.59 Å². The van der Waals surface area contributed by atoms with Gasteiger partial charge in [0.1, 0.15) is 10.8 Å². The predicted octanol–water partition coefficient (Wildman–Crippen LogP) is 3.25. The van der Waals surface area contributed by atoms with E-state index in [2.05, 4.69) is 5.32 Å². The summed E-state index contributed by atoms with van der Waals surface area (Å²) in [6.45, 7) is 2.14. The standard InChI is InChI=1S/C16H17NO4S/c1-11-10-13(16(19)20-2)15(22-11)17-14(18)8-9-21-12-6-4-3-5-7-12/h3-7,10H,8-9H2,1-2H3,(H,17,18). The summed E-state index contributed by atoms with van der Waals surface area (Å²) in [6, 6.07) is 11.0. The minimum Gasteiger partial charge on any atom is -0.493 e. The number of nitrogens with one attached hydrogen (secondary N) is 1.